The molecule has 2 N–H and O–H groups in total. The minimum Gasteiger partial charge on any atom is -0.497 e. The van der Waals surface area contributed by atoms with Crippen molar-refractivity contribution < 1.29 is 9.47 Å². The molecule has 0 amide bonds. The van der Waals surface area contributed by atoms with E-state index in [4.69, 9.17) is 15.2 Å². The van der Waals surface area contributed by atoms with Gasteiger partial charge in [0.1, 0.15) is 11.5 Å². The van der Waals surface area contributed by atoms with Crippen molar-refractivity contribution in [2.45, 2.75) is 25.3 Å². The van der Waals surface area contributed by atoms with Gasteiger partial charge in [0.25, 0.3) is 0 Å². The second kappa shape index (κ2) is 4.74. The van der Waals surface area contributed by atoms with Crippen molar-refractivity contribution in [2.24, 2.45) is 11.7 Å². The van der Waals surface area contributed by atoms with Gasteiger partial charge in [-0.25, -0.2) is 0 Å². The summed E-state index contributed by atoms with van der Waals surface area (Å²) < 4.78 is 10.5. The van der Waals surface area contributed by atoms with E-state index in [1.54, 1.807) is 14.2 Å². The predicted octanol–water partition coefficient (Wildman–Crippen LogP) is 2.50. The largest absolute Gasteiger partial charge is 0.497 e. The van der Waals surface area contributed by atoms with Crippen LogP contribution in [0.2, 0.25) is 0 Å². The number of benzene rings is 1. The van der Waals surface area contributed by atoms with Crippen LogP contribution in [-0.4, -0.2) is 14.2 Å². The molecule has 0 aromatic heterocycles. The van der Waals surface area contributed by atoms with Crippen LogP contribution < -0.4 is 15.2 Å². The fourth-order valence-electron chi connectivity index (χ4n) is 2.09. The molecule has 3 heteroatoms. The first-order chi connectivity index (χ1) is 7.74. The molecular weight excluding hydrogens is 202 g/mol. The molecular formula is C13H19NO2. The number of nitrogens with two attached hydrogens (primary N) is 1. The normalized spacial score (nSPS) is 17.7. The third-order valence-electron chi connectivity index (χ3n) is 3.42. The number of hydrogen-bond donors (Lipinski definition) is 1. The summed E-state index contributed by atoms with van der Waals surface area (Å²) in [6.45, 7) is 0. The molecule has 1 aliphatic carbocycles. The highest BCUT2D eigenvalue weighted by Gasteiger charge is 2.26. The zero-order valence-electron chi connectivity index (χ0n) is 9.90. The summed E-state index contributed by atoms with van der Waals surface area (Å²) in [4.78, 5) is 0. The van der Waals surface area contributed by atoms with Crippen LogP contribution in [-0.2, 0) is 0 Å². The minimum absolute atomic E-state index is 0.109. The lowest BCUT2D eigenvalue weighted by Crippen LogP contribution is -2.26. The van der Waals surface area contributed by atoms with Crippen molar-refractivity contribution >= 4 is 0 Å². The first-order valence-corrected chi connectivity index (χ1v) is 5.73. The van der Waals surface area contributed by atoms with Crippen molar-refractivity contribution in [1.82, 2.24) is 0 Å². The van der Waals surface area contributed by atoms with E-state index in [9.17, 15) is 0 Å². The van der Waals surface area contributed by atoms with Gasteiger partial charge in [0.15, 0.2) is 0 Å². The second-order valence-corrected chi connectivity index (χ2v) is 4.36. The molecule has 88 valence electrons. The molecule has 1 unspecified atom stereocenters. The van der Waals surface area contributed by atoms with Crippen molar-refractivity contribution in [3.63, 3.8) is 0 Å². The molecule has 0 saturated heterocycles. The lowest BCUT2D eigenvalue weighted by Gasteiger charge is -2.31. The lowest BCUT2D eigenvalue weighted by molar-refractivity contribution is 0.263. The number of methoxy groups -OCH3 is 2. The van der Waals surface area contributed by atoms with Crippen molar-refractivity contribution in [3.8, 4) is 11.5 Å². The average molecular weight is 221 g/mol. The number of hydrogen-bond acceptors (Lipinski definition) is 3. The third-order valence-corrected chi connectivity index (χ3v) is 3.42. The van der Waals surface area contributed by atoms with Gasteiger partial charge in [-0.15, -0.1) is 0 Å². The quantitative estimate of drug-likeness (QED) is 0.849. The monoisotopic (exact) mass is 221 g/mol. The van der Waals surface area contributed by atoms with E-state index in [0.717, 1.165) is 17.1 Å². The first kappa shape index (κ1) is 11.3. The molecule has 1 saturated carbocycles. The van der Waals surface area contributed by atoms with Crippen LogP contribution in [0, 0.1) is 5.92 Å². The Hall–Kier alpha value is -1.22. The van der Waals surface area contributed by atoms with Gasteiger partial charge in [0.05, 0.1) is 14.2 Å². The van der Waals surface area contributed by atoms with Crippen LogP contribution in [0.4, 0.5) is 0 Å². The third kappa shape index (κ3) is 2.14. The Labute approximate surface area is 96.5 Å². The fourth-order valence-corrected chi connectivity index (χ4v) is 2.09. The van der Waals surface area contributed by atoms with Crippen LogP contribution in [0.15, 0.2) is 18.2 Å². The van der Waals surface area contributed by atoms with Crippen LogP contribution in [0.25, 0.3) is 0 Å². The Morgan fingerprint density at radius 1 is 1.12 bits per heavy atom. The van der Waals surface area contributed by atoms with E-state index in [-0.39, 0.29) is 6.04 Å². The van der Waals surface area contributed by atoms with E-state index in [2.05, 4.69) is 0 Å². The molecule has 16 heavy (non-hydrogen) atoms. The number of ether oxygens (including phenoxy) is 2. The van der Waals surface area contributed by atoms with Gasteiger partial charge in [-0.1, -0.05) is 6.42 Å². The molecule has 3 nitrogen and oxygen atoms in total. The van der Waals surface area contributed by atoms with Gasteiger partial charge >= 0.3 is 0 Å². The van der Waals surface area contributed by atoms with Crippen molar-refractivity contribution in [3.05, 3.63) is 23.8 Å². The molecule has 0 heterocycles. The highest BCUT2D eigenvalue weighted by atomic mass is 16.5. The molecule has 0 aliphatic heterocycles. The van der Waals surface area contributed by atoms with Crippen LogP contribution >= 0.6 is 0 Å². The van der Waals surface area contributed by atoms with Gasteiger partial charge in [-0.3, -0.25) is 0 Å². The molecule has 1 atom stereocenters. The molecule has 0 radical (unpaired) electrons. The van der Waals surface area contributed by atoms with Gasteiger partial charge in [-0.05, 0) is 36.5 Å². The highest BCUT2D eigenvalue weighted by molar-refractivity contribution is 5.40. The summed E-state index contributed by atoms with van der Waals surface area (Å²) in [6.07, 6.45) is 3.78. The highest BCUT2D eigenvalue weighted by Crippen LogP contribution is 2.38. The Kier molecular flexibility index (Phi) is 3.34. The molecule has 1 aromatic carbocycles. The van der Waals surface area contributed by atoms with E-state index >= 15 is 0 Å². The Morgan fingerprint density at radius 2 is 1.69 bits per heavy atom. The van der Waals surface area contributed by atoms with Crippen molar-refractivity contribution in [1.29, 1.82) is 0 Å². The van der Waals surface area contributed by atoms with Gasteiger partial charge in [0, 0.05) is 12.1 Å². The summed E-state index contributed by atoms with van der Waals surface area (Å²) in [5.41, 5.74) is 7.35. The second-order valence-electron chi connectivity index (χ2n) is 4.36. The maximum Gasteiger partial charge on any atom is 0.122 e. The Morgan fingerprint density at radius 3 is 2.06 bits per heavy atom. The maximum atomic E-state index is 6.24. The zero-order chi connectivity index (χ0) is 11.5. The summed E-state index contributed by atoms with van der Waals surface area (Å²) in [5.74, 6) is 2.24. The van der Waals surface area contributed by atoms with Crippen LogP contribution in [0.5, 0.6) is 11.5 Å². The van der Waals surface area contributed by atoms with Crippen LogP contribution in [0.3, 0.4) is 0 Å². The van der Waals surface area contributed by atoms with Gasteiger partial charge < -0.3 is 15.2 Å². The smallest absolute Gasteiger partial charge is 0.122 e. The summed E-state index contributed by atoms with van der Waals surface area (Å²) >= 11 is 0. The minimum atomic E-state index is 0.109. The van der Waals surface area contributed by atoms with Crippen molar-refractivity contribution in [2.75, 3.05) is 14.2 Å². The average Bonchev–Trinajstić information content (AvgIpc) is 2.26. The molecule has 1 aromatic rings. The summed E-state index contributed by atoms with van der Waals surface area (Å²) in [5, 5.41) is 0. The van der Waals surface area contributed by atoms with Crippen LogP contribution in [0.1, 0.15) is 30.9 Å². The Balaban J connectivity index is 2.24. The summed E-state index contributed by atoms with van der Waals surface area (Å²) in [7, 11) is 3.32. The molecule has 0 spiro atoms. The SMILES string of the molecule is COc1cc(OC)cc(C(N)C2CCC2)c1. The predicted molar refractivity (Wildman–Crippen MR) is 63.8 cm³/mol. The standard InChI is InChI=1S/C13H19NO2/c1-15-11-6-10(7-12(8-11)16-2)13(14)9-4-3-5-9/h6-9,13H,3-5,14H2,1-2H3. The number of rotatable bonds is 4. The van der Waals surface area contributed by atoms with Gasteiger partial charge in [-0.2, -0.15) is 0 Å². The molecule has 0 bridgehead atoms. The van der Waals surface area contributed by atoms with E-state index in [1.165, 1.54) is 19.3 Å². The summed E-state index contributed by atoms with van der Waals surface area (Å²) in [6, 6.07) is 5.99. The van der Waals surface area contributed by atoms with E-state index < -0.39 is 0 Å². The maximum absolute atomic E-state index is 6.24. The fraction of sp³-hybridized carbons (Fsp3) is 0.538. The lowest BCUT2D eigenvalue weighted by atomic mass is 9.77. The Bertz CT molecular complexity index is 339. The van der Waals surface area contributed by atoms with Gasteiger partial charge in [0.2, 0.25) is 0 Å². The van der Waals surface area contributed by atoms with E-state index in [0.29, 0.717) is 5.92 Å². The molecule has 1 aliphatic rings. The first-order valence-electron chi connectivity index (χ1n) is 5.73. The van der Waals surface area contributed by atoms with E-state index in [1.807, 2.05) is 18.2 Å². The molecule has 1 fully saturated rings. The zero-order valence-corrected chi connectivity index (χ0v) is 9.90. The topological polar surface area (TPSA) is 44.5 Å². The molecule has 2 rings (SSSR count).